The van der Waals surface area contributed by atoms with E-state index in [9.17, 15) is 4.39 Å². The Balaban J connectivity index is 2.42. The molecule has 100 valence electrons. The number of nitrogens with zero attached hydrogens (tertiary/aromatic N) is 3. The summed E-state index contributed by atoms with van der Waals surface area (Å²) < 4.78 is 18.9. The molecule has 1 unspecified atom stereocenters. The summed E-state index contributed by atoms with van der Waals surface area (Å²) in [5, 5.41) is 3.19. The van der Waals surface area contributed by atoms with E-state index < -0.39 is 0 Å². The van der Waals surface area contributed by atoms with Crippen molar-refractivity contribution in [1.29, 1.82) is 0 Å². The molecule has 0 aliphatic rings. The van der Waals surface area contributed by atoms with Crippen molar-refractivity contribution in [2.24, 2.45) is 0 Å². The molecule has 0 aliphatic heterocycles. The van der Waals surface area contributed by atoms with Gasteiger partial charge in [0.2, 0.25) is 5.88 Å². The van der Waals surface area contributed by atoms with Crippen LogP contribution in [0.1, 0.15) is 24.2 Å². The van der Waals surface area contributed by atoms with Gasteiger partial charge in [-0.15, -0.1) is 0 Å². The number of nitrogens with one attached hydrogen (secondary N) is 1. The van der Waals surface area contributed by atoms with Gasteiger partial charge in [-0.05, 0) is 12.6 Å². The van der Waals surface area contributed by atoms with Crippen molar-refractivity contribution in [1.82, 2.24) is 20.3 Å². The van der Waals surface area contributed by atoms with Gasteiger partial charge in [-0.2, -0.15) is 0 Å². The Hall–Kier alpha value is -2.08. The van der Waals surface area contributed by atoms with Crippen LogP contribution in [0.25, 0.3) is 0 Å². The predicted octanol–water partition coefficient (Wildman–Crippen LogP) is 1.72. The Labute approximate surface area is 110 Å². The molecule has 0 saturated carbocycles. The van der Waals surface area contributed by atoms with Crippen LogP contribution in [0.15, 0.2) is 30.9 Å². The van der Waals surface area contributed by atoms with Crippen molar-refractivity contribution in [2.45, 2.75) is 13.0 Å². The first-order valence-corrected chi connectivity index (χ1v) is 5.95. The maximum absolute atomic E-state index is 13.9. The summed E-state index contributed by atoms with van der Waals surface area (Å²) in [6.45, 7) is 2.63. The molecular formula is C13H15FN4O. The van der Waals surface area contributed by atoms with Gasteiger partial charge in [-0.3, -0.25) is 4.98 Å². The van der Waals surface area contributed by atoms with Crippen molar-refractivity contribution in [3.63, 3.8) is 0 Å². The topological polar surface area (TPSA) is 59.9 Å². The summed E-state index contributed by atoms with van der Waals surface area (Å²) in [5.74, 6) is 0.0772. The highest BCUT2D eigenvalue weighted by Crippen LogP contribution is 2.23. The largest absolute Gasteiger partial charge is 0.481 e. The second kappa shape index (κ2) is 6.19. The quantitative estimate of drug-likeness (QED) is 0.889. The van der Waals surface area contributed by atoms with Crippen molar-refractivity contribution >= 4 is 0 Å². The molecule has 0 radical (unpaired) electrons. The fraction of sp³-hybridized carbons (Fsp3) is 0.308. The molecule has 1 N–H and O–H groups in total. The molecule has 0 saturated heterocycles. The van der Waals surface area contributed by atoms with E-state index in [-0.39, 0.29) is 11.9 Å². The number of ether oxygens (including phenoxy) is 1. The zero-order chi connectivity index (χ0) is 13.7. The van der Waals surface area contributed by atoms with Crippen LogP contribution in [0.4, 0.5) is 4.39 Å². The van der Waals surface area contributed by atoms with E-state index in [1.54, 1.807) is 18.3 Å². The smallest absolute Gasteiger partial charge is 0.216 e. The number of rotatable bonds is 5. The van der Waals surface area contributed by atoms with Gasteiger partial charge in [0.05, 0.1) is 25.0 Å². The van der Waals surface area contributed by atoms with Crippen LogP contribution in [-0.4, -0.2) is 28.6 Å². The minimum absolute atomic E-state index is 0.357. The molecule has 2 aromatic heterocycles. The Morgan fingerprint density at radius 3 is 2.95 bits per heavy atom. The van der Waals surface area contributed by atoms with Crippen LogP contribution in [0.5, 0.6) is 5.88 Å². The molecule has 1 atom stereocenters. The van der Waals surface area contributed by atoms with E-state index >= 15 is 0 Å². The molecule has 0 aromatic carbocycles. The first-order chi connectivity index (χ1) is 9.26. The lowest BCUT2D eigenvalue weighted by Gasteiger charge is -2.18. The highest BCUT2D eigenvalue weighted by molar-refractivity contribution is 5.29. The van der Waals surface area contributed by atoms with Gasteiger partial charge in [0.25, 0.3) is 0 Å². The molecule has 0 fully saturated rings. The zero-order valence-corrected chi connectivity index (χ0v) is 10.8. The van der Waals surface area contributed by atoms with Gasteiger partial charge >= 0.3 is 0 Å². The Morgan fingerprint density at radius 1 is 1.42 bits per heavy atom. The highest BCUT2D eigenvalue weighted by atomic mass is 19.1. The zero-order valence-electron chi connectivity index (χ0n) is 10.8. The normalized spacial score (nSPS) is 12.2. The van der Waals surface area contributed by atoms with Crippen LogP contribution in [-0.2, 0) is 0 Å². The molecule has 5 nitrogen and oxygen atoms in total. The van der Waals surface area contributed by atoms with E-state index in [1.165, 1.54) is 19.6 Å². The van der Waals surface area contributed by atoms with E-state index in [0.29, 0.717) is 23.7 Å². The van der Waals surface area contributed by atoms with E-state index in [1.807, 2.05) is 6.92 Å². The molecule has 2 heterocycles. The summed E-state index contributed by atoms with van der Waals surface area (Å²) in [6, 6.07) is 2.97. The minimum Gasteiger partial charge on any atom is -0.481 e. The van der Waals surface area contributed by atoms with Crippen LogP contribution in [0.2, 0.25) is 0 Å². The SMILES string of the molecule is CCNC(c1cc(OC)ncn1)c1ccncc1F. The van der Waals surface area contributed by atoms with Crippen LogP contribution < -0.4 is 10.1 Å². The van der Waals surface area contributed by atoms with Crippen LogP contribution in [0.3, 0.4) is 0 Å². The third-order valence-corrected chi connectivity index (χ3v) is 2.69. The fourth-order valence-electron chi connectivity index (χ4n) is 1.82. The number of halogens is 1. The minimum atomic E-state index is -0.369. The van der Waals surface area contributed by atoms with E-state index in [2.05, 4.69) is 20.3 Å². The van der Waals surface area contributed by atoms with Crippen molar-refractivity contribution in [3.05, 3.63) is 47.9 Å². The van der Waals surface area contributed by atoms with Gasteiger partial charge < -0.3 is 10.1 Å². The van der Waals surface area contributed by atoms with Gasteiger partial charge in [0.1, 0.15) is 12.1 Å². The van der Waals surface area contributed by atoms with Gasteiger partial charge in [-0.25, -0.2) is 14.4 Å². The molecule has 0 spiro atoms. The summed E-state index contributed by atoms with van der Waals surface area (Å²) in [7, 11) is 1.53. The molecule has 0 bridgehead atoms. The average molecular weight is 262 g/mol. The van der Waals surface area contributed by atoms with Crippen molar-refractivity contribution in [2.75, 3.05) is 13.7 Å². The summed E-state index contributed by atoms with van der Waals surface area (Å²) in [6.07, 6.45) is 4.15. The molecule has 19 heavy (non-hydrogen) atoms. The van der Waals surface area contributed by atoms with Gasteiger partial charge in [-0.1, -0.05) is 6.92 Å². The van der Waals surface area contributed by atoms with Crippen LogP contribution >= 0.6 is 0 Å². The standard InChI is InChI=1S/C13H15FN4O/c1-3-16-13(9-4-5-15-7-10(9)14)11-6-12(19-2)18-8-17-11/h4-8,13,16H,3H2,1-2H3. The van der Waals surface area contributed by atoms with Crippen molar-refractivity contribution in [3.8, 4) is 5.88 Å². The first-order valence-electron chi connectivity index (χ1n) is 5.95. The second-order valence-corrected chi connectivity index (χ2v) is 3.87. The summed E-state index contributed by atoms with van der Waals surface area (Å²) in [4.78, 5) is 11.9. The molecule has 2 rings (SSSR count). The molecular weight excluding hydrogens is 247 g/mol. The number of pyridine rings is 1. The molecule has 0 amide bonds. The average Bonchev–Trinajstić information content (AvgIpc) is 2.46. The van der Waals surface area contributed by atoms with E-state index in [0.717, 1.165) is 0 Å². The maximum Gasteiger partial charge on any atom is 0.216 e. The molecule has 2 aromatic rings. The van der Waals surface area contributed by atoms with Crippen LogP contribution in [0, 0.1) is 5.82 Å². The number of methoxy groups -OCH3 is 1. The number of aromatic nitrogens is 3. The lowest BCUT2D eigenvalue weighted by atomic mass is 10.0. The molecule has 6 heteroatoms. The monoisotopic (exact) mass is 262 g/mol. The third kappa shape index (κ3) is 3.03. The third-order valence-electron chi connectivity index (χ3n) is 2.69. The lowest BCUT2D eigenvalue weighted by Crippen LogP contribution is -2.24. The summed E-state index contributed by atoms with van der Waals surface area (Å²) >= 11 is 0. The first kappa shape index (κ1) is 13.4. The summed E-state index contributed by atoms with van der Waals surface area (Å²) in [5.41, 5.74) is 1.15. The maximum atomic E-state index is 13.9. The fourth-order valence-corrected chi connectivity index (χ4v) is 1.82. The van der Waals surface area contributed by atoms with Gasteiger partial charge in [0, 0.05) is 17.8 Å². The Morgan fingerprint density at radius 2 is 2.26 bits per heavy atom. The Bertz CT molecular complexity index is 550. The number of hydrogen-bond donors (Lipinski definition) is 1. The highest BCUT2D eigenvalue weighted by Gasteiger charge is 2.19. The second-order valence-electron chi connectivity index (χ2n) is 3.87. The van der Waals surface area contributed by atoms with Gasteiger partial charge in [0.15, 0.2) is 0 Å². The Kier molecular flexibility index (Phi) is 4.35. The molecule has 0 aliphatic carbocycles. The van der Waals surface area contributed by atoms with Crippen molar-refractivity contribution < 1.29 is 9.13 Å². The number of hydrogen-bond acceptors (Lipinski definition) is 5. The lowest BCUT2D eigenvalue weighted by molar-refractivity contribution is 0.394. The van der Waals surface area contributed by atoms with E-state index in [4.69, 9.17) is 4.74 Å². The predicted molar refractivity (Wildman–Crippen MR) is 68.3 cm³/mol.